The fourth-order valence-corrected chi connectivity index (χ4v) is 4.16. The molecule has 0 radical (unpaired) electrons. The Morgan fingerprint density at radius 3 is 2.56 bits per heavy atom. The largest absolute Gasteiger partial charge is 0.312 e. The van der Waals surface area contributed by atoms with Crippen LogP contribution in [0.25, 0.3) is 0 Å². The predicted octanol–water partition coefficient (Wildman–Crippen LogP) is 3.03. The van der Waals surface area contributed by atoms with Crippen molar-refractivity contribution in [3.8, 4) is 0 Å². The number of likely N-dealkylation sites (tertiary alicyclic amines) is 1. The predicted molar refractivity (Wildman–Crippen MR) is 76.7 cm³/mol. The lowest BCUT2D eigenvalue weighted by atomic mass is 9.84. The van der Waals surface area contributed by atoms with Crippen molar-refractivity contribution in [2.75, 3.05) is 13.1 Å². The summed E-state index contributed by atoms with van der Waals surface area (Å²) in [4.78, 5) is 2.88. The van der Waals surface area contributed by atoms with Gasteiger partial charge in [-0.3, -0.25) is 4.90 Å². The van der Waals surface area contributed by atoms with Gasteiger partial charge in [0.2, 0.25) is 0 Å². The summed E-state index contributed by atoms with van der Waals surface area (Å²) in [7, 11) is 0. The van der Waals surface area contributed by atoms with Gasteiger partial charge in [0.15, 0.2) is 0 Å². The molecule has 104 valence electrons. The highest BCUT2D eigenvalue weighted by Gasteiger charge is 2.40. The second-order valence-corrected chi connectivity index (χ2v) is 7.13. The van der Waals surface area contributed by atoms with E-state index in [1.54, 1.807) is 0 Å². The van der Waals surface area contributed by atoms with E-state index in [1.807, 2.05) is 0 Å². The van der Waals surface area contributed by atoms with E-state index in [0.29, 0.717) is 0 Å². The van der Waals surface area contributed by atoms with Crippen molar-refractivity contribution in [2.45, 2.75) is 76.9 Å². The van der Waals surface area contributed by atoms with E-state index in [9.17, 15) is 0 Å². The Morgan fingerprint density at radius 1 is 1.06 bits per heavy atom. The van der Waals surface area contributed by atoms with Crippen LogP contribution in [0.2, 0.25) is 0 Å². The zero-order chi connectivity index (χ0) is 12.5. The van der Waals surface area contributed by atoms with Crippen LogP contribution in [0.5, 0.6) is 0 Å². The molecule has 2 heteroatoms. The fraction of sp³-hybridized carbons (Fsp3) is 1.00. The molecule has 0 amide bonds. The van der Waals surface area contributed by atoms with Gasteiger partial charge in [0.1, 0.15) is 0 Å². The van der Waals surface area contributed by atoms with E-state index in [2.05, 4.69) is 24.1 Å². The van der Waals surface area contributed by atoms with Crippen LogP contribution >= 0.6 is 0 Å². The minimum Gasteiger partial charge on any atom is -0.312 e. The molecule has 1 heterocycles. The Morgan fingerprint density at radius 2 is 1.83 bits per heavy atom. The van der Waals surface area contributed by atoms with Gasteiger partial charge in [-0.2, -0.15) is 0 Å². The molecular formula is C16H30N2. The molecule has 3 unspecified atom stereocenters. The lowest BCUT2D eigenvalue weighted by molar-refractivity contribution is 0.102. The third kappa shape index (κ3) is 2.75. The van der Waals surface area contributed by atoms with Crippen molar-refractivity contribution in [3.63, 3.8) is 0 Å². The zero-order valence-electron chi connectivity index (χ0n) is 12.2. The molecule has 0 aromatic heterocycles. The van der Waals surface area contributed by atoms with Crippen LogP contribution in [0.15, 0.2) is 0 Å². The van der Waals surface area contributed by atoms with Gasteiger partial charge in [-0.1, -0.05) is 26.7 Å². The second kappa shape index (κ2) is 5.50. The SMILES string of the molecule is CC(C)C(CNC1CC1)N1CCC2CCCCC21. The quantitative estimate of drug-likeness (QED) is 0.807. The average molecular weight is 250 g/mol. The Labute approximate surface area is 113 Å². The van der Waals surface area contributed by atoms with Gasteiger partial charge in [-0.15, -0.1) is 0 Å². The molecule has 1 N–H and O–H groups in total. The zero-order valence-corrected chi connectivity index (χ0v) is 12.2. The first-order chi connectivity index (χ1) is 8.75. The molecule has 0 spiro atoms. The van der Waals surface area contributed by atoms with Gasteiger partial charge in [0.25, 0.3) is 0 Å². The summed E-state index contributed by atoms with van der Waals surface area (Å²) in [5.74, 6) is 1.82. The molecule has 0 aromatic carbocycles. The molecular weight excluding hydrogens is 220 g/mol. The van der Waals surface area contributed by atoms with Crippen molar-refractivity contribution >= 4 is 0 Å². The third-order valence-electron chi connectivity index (χ3n) is 5.44. The summed E-state index contributed by atoms with van der Waals surface area (Å²) in [6.07, 6.45) is 10.2. The van der Waals surface area contributed by atoms with Gasteiger partial charge >= 0.3 is 0 Å². The first kappa shape index (κ1) is 12.9. The average Bonchev–Trinajstić information content (AvgIpc) is 3.09. The van der Waals surface area contributed by atoms with E-state index in [4.69, 9.17) is 0 Å². The molecule has 2 aliphatic carbocycles. The van der Waals surface area contributed by atoms with Gasteiger partial charge in [-0.25, -0.2) is 0 Å². The summed E-state index contributed by atoms with van der Waals surface area (Å²) in [6, 6.07) is 2.56. The number of rotatable bonds is 5. The first-order valence-corrected chi connectivity index (χ1v) is 8.25. The second-order valence-electron chi connectivity index (χ2n) is 7.13. The molecule has 0 bridgehead atoms. The maximum absolute atomic E-state index is 3.77. The van der Waals surface area contributed by atoms with Gasteiger partial charge in [0, 0.05) is 24.7 Å². The molecule has 2 saturated carbocycles. The smallest absolute Gasteiger partial charge is 0.0246 e. The molecule has 1 aliphatic heterocycles. The Balaban J connectivity index is 1.61. The summed E-state index contributed by atoms with van der Waals surface area (Å²) in [6.45, 7) is 7.42. The molecule has 3 atom stereocenters. The standard InChI is InChI=1S/C16H30N2/c1-12(2)16(11-17-14-7-8-14)18-10-9-13-5-3-4-6-15(13)18/h12-17H,3-11H2,1-2H3. The molecule has 2 nitrogen and oxygen atoms in total. The van der Waals surface area contributed by atoms with Crippen molar-refractivity contribution in [1.82, 2.24) is 10.2 Å². The number of nitrogens with one attached hydrogen (secondary N) is 1. The number of fused-ring (bicyclic) bond motifs is 1. The van der Waals surface area contributed by atoms with Crippen LogP contribution in [-0.4, -0.2) is 36.1 Å². The van der Waals surface area contributed by atoms with Crippen molar-refractivity contribution in [1.29, 1.82) is 0 Å². The Kier molecular flexibility index (Phi) is 3.95. The molecule has 3 fully saturated rings. The lowest BCUT2D eigenvalue weighted by Crippen LogP contribution is -2.49. The Bertz CT molecular complexity index is 272. The molecule has 3 rings (SSSR count). The van der Waals surface area contributed by atoms with Crippen LogP contribution in [-0.2, 0) is 0 Å². The van der Waals surface area contributed by atoms with E-state index >= 15 is 0 Å². The van der Waals surface area contributed by atoms with Crippen molar-refractivity contribution in [3.05, 3.63) is 0 Å². The number of hydrogen-bond donors (Lipinski definition) is 1. The molecule has 3 aliphatic rings. The van der Waals surface area contributed by atoms with E-state index in [0.717, 1.165) is 30.0 Å². The monoisotopic (exact) mass is 250 g/mol. The summed E-state index contributed by atoms with van der Waals surface area (Å²) in [5, 5.41) is 3.77. The highest BCUT2D eigenvalue weighted by atomic mass is 15.2. The van der Waals surface area contributed by atoms with Crippen molar-refractivity contribution < 1.29 is 0 Å². The minimum absolute atomic E-state index is 0.777. The fourth-order valence-electron chi connectivity index (χ4n) is 4.16. The maximum Gasteiger partial charge on any atom is 0.0246 e. The van der Waals surface area contributed by atoms with Crippen LogP contribution in [0.3, 0.4) is 0 Å². The van der Waals surface area contributed by atoms with Crippen molar-refractivity contribution in [2.24, 2.45) is 11.8 Å². The summed E-state index contributed by atoms with van der Waals surface area (Å²) >= 11 is 0. The van der Waals surface area contributed by atoms with Gasteiger partial charge < -0.3 is 5.32 Å². The molecule has 0 aromatic rings. The lowest BCUT2D eigenvalue weighted by Gasteiger charge is -2.39. The minimum atomic E-state index is 0.777. The van der Waals surface area contributed by atoms with Crippen LogP contribution in [0.4, 0.5) is 0 Å². The van der Waals surface area contributed by atoms with Crippen LogP contribution < -0.4 is 5.32 Å². The third-order valence-corrected chi connectivity index (χ3v) is 5.44. The highest BCUT2D eigenvalue weighted by molar-refractivity contribution is 4.95. The summed E-state index contributed by atoms with van der Waals surface area (Å²) < 4.78 is 0. The maximum atomic E-state index is 3.77. The van der Waals surface area contributed by atoms with Gasteiger partial charge in [-0.05, 0) is 50.5 Å². The highest BCUT2D eigenvalue weighted by Crippen LogP contribution is 2.38. The molecule has 18 heavy (non-hydrogen) atoms. The van der Waals surface area contributed by atoms with Crippen LogP contribution in [0, 0.1) is 11.8 Å². The normalized spacial score (nSPS) is 34.8. The number of nitrogens with zero attached hydrogens (tertiary/aromatic N) is 1. The summed E-state index contributed by atoms with van der Waals surface area (Å²) in [5.41, 5.74) is 0. The number of hydrogen-bond acceptors (Lipinski definition) is 2. The Hall–Kier alpha value is -0.0800. The van der Waals surface area contributed by atoms with E-state index in [1.165, 1.54) is 58.0 Å². The molecule has 1 saturated heterocycles. The topological polar surface area (TPSA) is 15.3 Å². The van der Waals surface area contributed by atoms with Crippen LogP contribution in [0.1, 0.15) is 58.8 Å². The van der Waals surface area contributed by atoms with E-state index < -0.39 is 0 Å². The first-order valence-electron chi connectivity index (χ1n) is 8.25. The van der Waals surface area contributed by atoms with Gasteiger partial charge in [0.05, 0.1) is 0 Å². The van der Waals surface area contributed by atoms with E-state index in [-0.39, 0.29) is 0 Å².